The second-order valence-corrected chi connectivity index (χ2v) is 15.5. The van der Waals surface area contributed by atoms with Crippen LogP contribution in [-0.2, 0) is 19.2 Å². The first-order valence-corrected chi connectivity index (χ1v) is 17.1. The van der Waals surface area contributed by atoms with Crippen molar-refractivity contribution >= 4 is 40.9 Å². The monoisotopic (exact) mass is 699 g/mol. The van der Waals surface area contributed by atoms with Gasteiger partial charge in [-0.25, -0.2) is 4.79 Å². The number of amides is 5. The molecule has 0 bridgehead atoms. The van der Waals surface area contributed by atoms with Gasteiger partial charge in [0.05, 0.1) is 11.7 Å². The van der Waals surface area contributed by atoms with Gasteiger partial charge in [0.2, 0.25) is 11.8 Å². The van der Waals surface area contributed by atoms with Crippen LogP contribution < -0.4 is 42.3 Å². The molecular formula is C36H57N7O7. The average molecular weight is 700 g/mol. The van der Waals surface area contributed by atoms with Crippen LogP contribution in [0, 0.1) is 22.7 Å². The molecule has 0 aromatic heterocycles. The SMILES string of the molecule is C=CCNC(=O)C(=O)/C(=C\CC)NC(=O)[C@@H]1[C@@H](C(C)C)CCN1C(=O)[C@@H](NC(=O)N[C@H](CNc1c(N(C)C)c(=O)c1=O)C(C)(C)C)C(C)(C)C. The lowest BCUT2D eigenvalue weighted by atomic mass is 9.84. The Balaban J connectivity index is 2.33. The fourth-order valence-electron chi connectivity index (χ4n) is 5.97. The van der Waals surface area contributed by atoms with E-state index in [9.17, 15) is 33.6 Å². The van der Waals surface area contributed by atoms with Crippen LogP contribution in [0.25, 0.3) is 0 Å². The summed E-state index contributed by atoms with van der Waals surface area (Å²) in [5.74, 6) is -3.10. The first-order valence-electron chi connectivity index (χ1n) is 17.1. The largest absolute Gasteiger partial charge is 0.378 e. The first kappa shape index (κ1) is 41.7. The minimum Gasteiger partial charge on any atom is -0.378 e. The number of carbonyl (C=O) groups is 5. The maximum atomic E-state index is 14.3. The molecule has 1 saturated heterocycles. The number of nitrogens with zero attached hydrogens (tertiary/aromatic N) is 2. The zero-order chi connectivity index (χ0) is 38.3. The Morgan fingerprint density at radius 1 is 0.980 bits per heavy atom. The Hall–Kier alpha value is -4.49. The quantitative estimate of drug-likeness (QED) is 0.104. The summed E-state index contributed by atoms with van der Waals surface area (Å²) in [6.45, 7) is 20.8. The van der Waals surface area contributed by atoms with Gasteiger partial charge in [-0.2, -0.15) is 0 Å². The number of hydrogen-bond donors (Lipinski definition) is 5. The molecule has 4 atom stereocenters. The number of Topliss-reactive ketones (excluding diaryl/α,β-unsaturated/α-hetero) is 1. The molecule has 0 spiro atoms. The lowest BCUT2D eigenvalue weighted by Crippen LogP contribution is -2.61. The number of nitrogens with one attached hydrogen (secondary N) is 5. The maximum Gasteiger partial charge on any atom is 0.315 e. The van der Waals surface area contributed by atoms with Crippen LogP contribution in [0.1, 0.15) is 75.2 Å². The van der Waals surface area contributed by atoms with Crippen LogP contribution >= 0.6 is 0 Å². The fraction of sp³-hybridized carbons (Fsp3) is 0.639. The normalized spacial score (nSPS) is 17.9. The number of urea groups is 1. The topological polar surface area (TPSA) is 186 Å². The average Bonchev–Trinajstić information content (AvgIpc) is 3.47. The molecule has 50 heavy (non-hydrogen) atoms. The predicted octanol–water partition coefficient (Wildman–Crippen LogP) is 2.04. The Labute approximate surface area is 295 Å². The molecule has 1 aliphatic heterocycles. The minimum absolute atomic E-state index is 0.000830. The lowest BCUT2D eigenvalue weighted by molar-refractivity contribution is -0.143. The van der Waals surface area contributed by atoms with Crippen molar-refractivity contribution in [1.29, 1.82) is 0 Å². The maximum absolute atomic E-state index is 14.3. The molecule has 1 aliphatic rings. The summed E-state index contributed by atoms with van der Waals surface area (Å²) in [7, 11) is 3.33. The van der Waals surface area contributed by atoms with Crippen LogP contribution in [0.2, 0.25) is 0 Å². The highest BCUT2D eigenvalue weighted by Crippen LogP contribution is 2.33. The van der Waals surface area contributed by atoms with Crippen LogP contribution in [0.3, 0.4) is 0 Å². The van der Waals surface area contributed by atoms with E-state index in [0.717, 1.165) is 0 Å². The van der Waals surface area contributed by atoms with Gasteiger partial charge in [-0.05, 0) is 35.5 Å². The van der Waals surface area contributed by atoms with E-state index in [1.165, 1.54) is 17.1 Å². The fourth-order valence-corrected chi connectivity index (χ4v) is 5.97. The molecule has 1 fully saturated rings. The summed E-state index contributed by atoms with van der Waals surface area (Å²) in [4.78, 5) is 94.5. The van der Waals surface area contributed by atoms with Crippen LogP contribution in [0.4, 0.5) is 16.2 Å². The smallest absolute Gasteiger partial charge is 0.315 e. The van der Waals surface area contributed by atoms with Crippen LogP contribution in [-0.4, -0.2) is 86.3 Å². The Morgan fingerprint density at radius 3 is 2.10 bits per heavy atom. The Kier molecular flexibility index (Phi) is 14.1. The number of rotatable bonds is 15. The van der Waals surface area contributed by atoms with E-state index < -0.39 is 69.3 Å². The van der Waals surface area contributed by atoms with E-state index in [-0.39, 0.29) is 48.5 Å². The van der Waals surface area contributed by atoms with Crippen molar-refractivity contribution < 1.29 is 24.0 Å². The predicted molar refractivity (Wildman–Crippen MR) is 196 cm³/mol. The highest BCUT2D eigenvalue weighted by atomic mass is 16.2. The second kappa shape index (κ2) is 16.9. The van der Waals surface area contributed by atoms with Gasteiger partial charge in [0.1, 0.15) is 23.5 Å². The van der Waals surface area contributed by atoms with Crippen LogP contribution in [0.15, 0.2) is 34.0 Å². The van der Waals surface area contributed by atoms with Crippen molar-refractivity contribution in [2.75, 3.05) is 43.9 Å². The summed E-state index contributed by atoms with van der Waals surface area (Å²) in [5, 5.41) is 13.9. The van der Waals surface area contributed by atoms with Gasteiger partial charge in [-0.3, -0.25) is 28.8 Å². The van der Waals surface area contributed by atoms with Crippen molar-refractivity contribution in [3.8, 4) is 0 Å². The number of ketones is 1. The van der Waals surface area contributed by atoms with Gasteiger partial charge in [-0.15, -0.1) is 6.58 Å². The van der Waals surface area contributed by atoms with E-state index in [1.807, 2.05) is 34.6 Å². The van der Waals surface area contributed by atoms with Crippen molar-refractivity contribution in [3.63, 3.8) is 0 Å². The van der Waals surface area contributed by atoms with Crippen molar-refractivity contribution in [3.05, 3.63) is 44.9 Å². The van der Waals surface area contributed by atoms with Gasteiger partial charge in [0.15, 0.2) is 0 Å². The number of allylic oxidation sites excluding steroid dienone is 1. The summed E-state index contributed by atoms with van der Waals surface area (Å²) >= 11 is 0. The molecule has 1 aromatic carbocycles. The number of hydrogen-bond acceptors (Lipinski definition) is 9. The molecule has 278 valence electrons. The Bertz CT molecular complexity index is 1540. The molecular weight excluding hydrogens is 642 g/mol. The third-order valence-corrected chi connectivity index (χ3v) is 8.93. The first-order chi connectivity index (χ1) is 23.1. The van der Waals surface area contributed by atoms with Crippen molar-refractivity contribution in [2.24, 2.45) is 22.7 Å². The molecule has 0 saturated carbocycles. The standard InChI is InChI=1S/C36H57N7O7/c1-13-15-22(27(44)32(48)37-17-14-2)39-31(47)25-21(20(3)4)16-18-43(25)33(49)30(36(8,9)10)41-34(50)40-23(35(5,6)7)19-38-24-26(42(11)12)29(46)28(24)45/h14-15,20-21,23,25,30,38H,2,13,16-19H2,1,3-12H3,(H,37,48)(H,39,47)(H2,40,41,50)/b22-15+/t21-,23-,25+,30-/m1/s1. The number of anilines is 2. The molecule has 5 N–H and O–H groups in total. The van der Waals surface area contributed by atoms with Crippen molar-refractivity contribution in [2.45, 2.75) is 93.3 Å². The molecule has 1 aromatic rings. The third-order valence-electron chi connectivity index (χ3n) is 8.93. The van der Waals surface area contributed by atoms with E-state index in [1.54, 1.807) is 46.7 Å². The van der Waals surface area contributed by atoms with E-state index in [4.69, 9.17) is 0 Å². The molecule has 0 radical (unpaired) electrons. The summed E-state index contributed by atoms with van der Waals surface area (Å²) < 4.78 is 0. The number of likely N-dealkylation sites (tertiary alicyclic amines) is 1. The summed E-state index contributed by atoms with van der Waals surface area (Å²) in [5.41, 5.74) is -2.18. The van der Waals surface area contributed by atoms with Gasteiger partial charge in [0, 0.05) is 33.7 Å². The van der Waals surface area contributed by atoms with Gasteiger partial charge < -0.3 is 36.4 Å². The molecule has 0 unspecified atom stereocenters. The molecule has 5 amide bonds. The molecule has 14 nitrogen and oxygen atoms in total. The zero-order valence-corrected chi connectivity index (χ0v) is 31.5. The summed E-state index contributed by atoms with van der Waals surface area (Å²) in [6, 6.07) is -3.17. The highest BCUT2D eigenvalue weighted by Gasteiger charge is 2.47. The van der Waals surface area contributed by atoms with Gasteiger partial charge >= 0.3 is 6.03 Å². The number of carbonyl (C=O) groups excluding carboxylic acids is 5. The molecule has 2 rings (SSSR count). The van der Waals surface area contributed by atoms with E-state index >= 15 is 0 Å². The lowest BCUT2D eigenvalue weighted by Gasteiger charge is -2.38. The Morgan fingerprint density at radius 2 is 1.60 bits per heavy atom. The second-order valence-electron chi connectivity index (χ2n) is 15.5. The van der Waals surface area contributed by atoms with E-state index in [2.05, 4.69) is 33.2 Å². The highest BCUT2D eigenvalue weighted by molar-refractivity contribution is 6.42. The van der Waals surface area contributed by atoms with Crippen LogP contribution in [0.5, 0.6) is 0 Å². The third kappa shape index (κ3) is 10.0. The van der Waals surface area contributed by atoms with E-state index in [0.29, 0.717) is 12.8 Å². The minimum atomic E-state index is -1.05. The molecule has 0 aliphatic carbocycles. The van der Waals surface area contributed by atoms with Gasteiger partial charge in [0.25, 0.3) is 22.5 Å². The summed E-state index contributed by atoms with van der Waals surface area (Å²) in [6.07, 6.45) is 3.78. The molecule has 14 heteroatoms. The zero-order valence-electron chi connectivity index (χ0n) is 31.5. The molecule has 1 heterocycles. The van der Waals surface area contributed by atoms with Gasteiger partial charge in [-0.1, -0.05) is 74.5 Å². The van der Waals surface area contributed by atoms with Crippen molar-refractivity contribution in [1.82, 2.24) is 26.2 Å².